The van der Waals surface area contributed by atoms with E-state index < -0.39 is 0 Å². The second-order valence-corrected chi connectivity index (χ2v) is 6.04. The largest absolute Gasteiger partial charge is 0.353 e. The molecule has 1 saturated heterocycles. The second kappa shape index (κ2) is 6.20. The highest BCUT2D eigenvalue weighted by Crippen LogP contribution is 2.25. The van der Waals surface area contributed by atoms with E-state index in [2.05, 4.69) is 41.8 Å². The number of H-pyrrole nitrogens is 1. The van der Waals surface area contributed by atoms with Gasteiger partial charge in [-0.1, -0.05) is 12.1 Å². The number of aryl methyl sites for hydroxylation is 1. The van der Waals surface area contributed by atoms with Crippen molar-refractivity contribution < 1.29 is 4.52 Å². The zero-order valence-electron chi connectivity index (χ0n) is 13.9. The molecule has 24 heavy (non-hydrogen) atoms. The summed E-state index contributed by atoms with van der Waals surface area (Å²) < 4.78 is 5.39. The Morgan fingerprint density at radius 3 is 2.83 bits per heavy atom. The van der Waals surface area contributed by atoms with E-state index in [0.29, 0.717) is 5.89 Å². The molecule has 1 atom stereocenters. The Morgan fingerprint density at radius 1 is 1.25 bits per heavy atom. The first kappa shape index (κ1) is 15.1. The molecule has 1 fully saturated rings. The highest BCUT2D eigenvalue weighted by Gasteiger charge is 2.26. The first-order valence-electron chi connectivity index (χ1n) is 8.36. The minimum Gasteiger partial charge on any atom is -0.353 e. The van der Waals surface area contributed by atoms with Crippen molar-refractivity contribution in [2.24, 2.45) is 0 Å². The Morgan fingerprint density at radius 2 is 2.08 bits per heavy atom. The molecule has 0 saturated carbocycles. The van der Waals surface area contributed by atoms with Gasteiger partial charge >= 0.3 is 0 Å². The molecule has 0 bridgehead atoms. The van der Waals surface area contributed by atoms with Crippen molar-refractivity contribution in [1.82, 2.24) is 30.0 Å². The fourth-order valence-electron chi connectivity index (χ4n) is 3.17. The van der Waals surface area contributed by atoms with Crippen LogP contribution in [0, 0.1) is 0 Å². The Kier molecular flexibility index (Phi) is 3.89. The van der Waals surface area contributed by atoms with Crippen molar-refractivity contribution in [2.75, 3.05) is 31.1 Å². The number of aromatic amines is 1. The standard InChI is InChI=1S/C16H21N7O/c1-3-13-20-16(24-21-13)11(2)22-6-8-23(9-7-22)15-12-4-5-17-14(12)18-10-19-15/h4-5,10-11H,3,6-9H2,1-2H3,(H,17,18,19)/t11-/m0/s1. The van der Waals surface area contributed by atoms with Gasteiger partial charge in [0.15, 0.2) is 5.82 Å². The van der Waals surface area contributed by atoms with Crippen molar-refractivity contribution in [3.63, 3.8) is 0 Å². The molecule has 0 aliphatic carbocycles. The third-order valence-corrected chi connectivity index (χ3v) is 4.65. The fourth-order valence-corrected chi connectivity index (χ4v) is 3.17. The smallest absolute Gasteiger partial charge is 0.243 e. The first-order valence-corrected chi connectivity index (χ1v) is 8.36. The summed E-state index contributed by atoms with van der Waals surface area (Å²) in [6.45, 7) is 7.84. The minimum absolute atomic E-state index is 0.137. The van der Waals surface area contributed by atoms with Gasteiger partial charge in [-0.25, -0.2) is 9.97 Å². The molecule has 3 aromatic heterocycles. The lowest BCUT2D eigenvalue weighted by Gasteiger charge is -2.37. The van der Waals surface area contributed by atoms with Gasteiger partial charge in [0.1, 0.15) is 17.8 Å². The van der Waals surface area contributed by atoms with Gasteiger partial charge in [0.05, 0.1) is 11.4 Å². The maximum atomic E-state index is 5.39. The van der Waals surface area contributed by atoms with Crippen LogP contribution in [-0.4, -0.2) is 56.2 Å². The summed E-state index contributed by atoms with van der Waals surface area (Å²) in [4.78, 5) is 21.0. The van der Waals surface area contributed by atoms with Gasteiger partial charge in [-0.2, -0.15) is 4.98 Å². The summed E-state index contributed by atoms with van der Waals surface area (Å²) >= 11 is 0. The van der Waals surface area contributed by atoms with Crippen LogP contribution in [0.3, 0.4) is 0 Å². The van der Waals surface area contributed by atoms with Crippen molar-refractivity contribution in [3.8, 4) is 0 Å². The summed E-state index contributed by atoms with van der Waals surface area (Å²) in [5, 5.41) is 5.07. The number of fused-ring (bicyclic) bond motifs is 1. The van der Waals surface area contributed by atoms with E-state index in [9.17, 15) is 0 Å². The van der Waals surface area contributed by atoms with Gasteiger partial charge in [0.2, 0.25) is 5.89 Å². The summed E-state index contributed by atoms with van der Waals surface area (Å²) in [7, 11) is 0. The van der Waals surface area contributed by atoms with Crippen LogP contribution in [0.5, 0.6) is 0 Å². The Bertz CT molecular complexity index is 819. The fraction of sp³-hybridized carbons (Fsp3) is 0.500. The quantitative estimate of drug-likeness (QED) is 0.781. The Hall–Kier alpha value is -2.48. The number of rotatable bonds is 4. The van der Waals surface area contributed by atoms with E-state index in [-0.39, 0.29) is 6.04 Å². The third kappa shape index (κ3) is 2.62. The molecular formula is C16H21N7O. The van der Waals surface area contributed by atoms with E-state index >= 15 is 0 Å². The van der Waals surface area contributed by atoms with Crippen molar-refractivity contribution >= 4 is 16.9 Å². The lowest BCUT2D eigenvalue weighted by atomic mass is 10.2. The average molecular weight is 327 g/mol. The zero-order valence-corrected chi connectivity index (χ0v) is 13.9. The lowest BCUT2D eigenvalue weighted by Crippen LogP contribution is -2.47. The monoisotopic (exact) mass is 327 g/mol. The van der Waals surface area contributed by atoms with Crippen molar-refractivity contribution in [2.45, 2.75) is 26.3 Å². The first-order chi connectivity index (χ1) is 11.8. The molecule has 0 spiro atoms. The van der Waals surface area contributed by atoms with E-state index in [0.717, 1.165) is 55.3 Å². The molecule has 126 valence electrons. The Labute approximate surface area is 139 Å². The van der Waals surface area contributed by atoms with Crippen LogP contribution in [0.25, 0.3) is 11.0 Å². The molecule has 0 amide bonds. The molecule has 1 aliphatic heterocycles. The molecule has 8 heteroatoms. The molecular weight excluding hydrogens is 306 g/mol. The number of nitrogens with zero attached hydrogens (tertiary/aromatic N) is 6. The highest BCUT2D eigenvalue weighted by atomic mass is 16.5. The van der Waals surface area contributed by atoms with Gasteiger partial charge in [-0.05, 0) is 13.0 Å². The number of hydrogen-bond acceptors (Lipinski definition) is 7. The molecule has 1 aliphatic rings. The van der Waals surface area contributed by atoms with Gasteiger partial charge < -0.3 is 14.4 Å². The Balaban J connectivity index is 1.45. The van der Waals surface area contributed by atoms with E-state index in [1.54, 1.807) is 6.33 Å². The number of nitrogens with one attached hydrogen (secondary N) is 1. The van der Waals surface area contributed by atoms with Gasteiger partial charge in [-0.15, -0.1) is 0 Å². The maximum absolute atomic E-state index is 5.39. The van der Waals surface area contributed by atoms with Gasteiger partial charge in [0, 0.05) is 38.8 Å². The topological polar surface area (TPSA) is 87.0 Å². The summed E-state index contributed by atoms with van der Waals surface area (Å²) in [6.07, 6.45) is 4.32. The van der Waals surface area contributed by atoms with Crippen LogP contribution in [0.2, 0.25) is 0 Å². The molecule has 4 rings (SSSR count). The maximum Gasteiger partial charge on any atom is 0.243 e. The number of hydrogen-bond donors (Lipinski definition) is 1. The second-order valence-electron chi connectivity index (χ2n) is 6.04. The highest BCUT2D eigenvalue weighted by molar-refractivity contribution is 5.87. The van der Waals surface area contributed by atoms with E-state index in [1.807, 2.05) is 19.2 Å². The summed E-state index contributed by atoms with van der Waals surface area (Å²) in [5.41, 5.74) is 0.883. The molecule has 0 aromatic carbocycles. The van der Waals surface area contributed by atoms with Crippen LogP contribution in [0.15, 0.2) is 23.1 Å². The van der Waals surface area contributed by atoms with Crippen LogP contribution in [0.1, 0.15) is 31.6 Å². The molecule has 4 heterocycles. The van der Waals surface area contributed by atoms with Crippen LogP contribution >= 0.6 is 0 Å². The number of anilines is 1. The third-order valence-electron chi connectivity index (χ3n) is 4.65. The SMILES string of the molecule is CCc1noc([C@H](C)N2CCN(c3ncnc4[nH]ccc34)CC2)n1. The zero-order chi connectivity index (χ0) is 16.5. The summed E-state index contributed by atoms with van der Waals surface area (Å²) in [6, 6.07) is 2.17. The van der Waals surface area contributed by atoms with Crippen LogP contribution in [0.4, 0.5) is 5.82 Å². The van der Waals surface area contributed by atoms with Crippen LogP contribution in [-0.2, 0) is 6.42 Å². The van der Waals surface area contributed by atoms with E-state index in [4.69, 9.17) is 4.52 Å². The molecule has 3 aromatic rings. The molecule has 1 N–H and O–H groups in total. The molecule has 0 radical (unpaired) electrons. The minimum atomic E-state index is 0.137. The van der Waals surface area contributed by atoms with E-state index in [1.165, 1.54) is 0 Å². The van der Waals surface area contributed by atoms with Crippen molar-refractivity contribution in [1.29, 1.82) is 0 Å². The predicted molar refractivity (Wildman–Crippen MR) is 89.8 cm³/mol. The van der Waals surface area contributed by atoms with Crippen molar-refractivity contribution in [3.05, 3.63) is 30.3 Å². The summed E-state index contributed by atoms with van der Waals surface area (Å²) in [5.74, 6) is 2.47. The molecule has 0 unspecified atom stereocenters. The van der Waals surface area contributed by atoms with Gasteiger partial charge in [0.25, 0.3) is 0 Å². The van der Waals surface area contributed by atoms with Crippen LogP contribution < -0.4 is 4.90 Å². The predicted octanol–water partition coefficient (Wildman–Crippen LogP) is 1.79. The number of aromatic nitrogens is 5. The molecule has 8 nitrogen and oxygen atoms in total. The average Bonchev–Trinajstić information content (AvgIpc) is 3.30. The number of piperazine rings is 1. The van der Waals surface area contributed by atoms with Gasteiger partial charge in [-0.3, -0.25) is 4.90 Å². The normalized spacial score (nSPS) is 17.5. The lowest BCUT2D eigenvalue weighted by molar-refractivity contribution is 0.164.